The highest BCUT2D eigenvalue weighted by Gasteiger charge is 2.31. The van der Waals surface area contributed by atoms with E-state index in [4.69, 9.17) is 4.74 Å². The fourth-order valence-corrected chi connectivity index (χ4v) is 4.26. The standard InChI is InChI=1S/C14H16N2O5S2/c1-21-8-7-15(10-12-6-9-22-11-12)23(19,20)14-5-3-2-4-13(14)16(17)18/h2-6,9,11H,7-8,10H2,1H3. The van der Waals surface area contributed by atoms with E-state index in [0.717, 1.165) is 5.56 Å². The lowest BCUT2D eigenvalue weighted by molar-refractivity contribution is -0.387. The van der Waals surface area contributed by atoms with E-state index in [-0.39, 0.29) is 24.6 Å². The van der Waals surface area contributed by atoms with Gasteiger partial charge >= 0.3 is 0 Å². The summed E-state index contributed by atoms with van der Waals surface area (Å²) in [6.07, 6.45) is 0. The zero-order chi connectivity index (χ0) is 16.9. The van der Waals surface area contributed by atoms with Gasteiger partial charge in [0.1, 0.15) is 0 Å². The number of hydrogen-bond donors (Lipinski definition) is 0. The maximum absolute atomic E-state index is 12.9. The molecule has 9 heteroatoms. The van der Waals surface area contributed by atoms with E-state index in [1.807, 2.05) is 16.8 Å². The summed E-state index contributed by atoms with van der Waals surface area (Å²) in [7, 11) is -2.54. The molecule has 0 aliphatic rings. The van der Waals surface area contributed by atoms with Gasteiger partial charge in [0.05, 0.1) is 11.5 Å². The van der Waals surface area contributed by atoms with Gasteiger partial charge in [0, 0.05) is 26.3 Å². The highest BCUT2D eigenvalue weighted by molar-refractivity contribution is 7.89. The zero-order valence-electron chi connectivity index (χ0n) is 12.4. The Bertz CT molecular complexity index is 759. The molecule has 0 bridgehead atoms. The molecular weight excluding hydrogens is 340 g/mol. The number of hydrogen-bond acceptors (Lipinski definition) is 6. The number of thiophene rings is 1. The molecule has 124 valence electrons. The van der Waals surface area contributed by atoms with Crippen molar-refractivity contribution in [2.75, 3.05) is 20.3 Å². The second-order valence-electron chi connectivity index (χ2n) is 4.69. The summed E-state index contributed by atoms with van der Waals surface area (Å²) >= 11 is 1.46. The van der Waals surface area contributed by atoms with Crippen molar-refractivity contribution in [3.05, 3.63) is 56.8 Å². The monoisotopic (exact) mass is 356 g/mol. The van der Waals surface area contributed by atoms with Gasteiger partial charge in [0.2, 0.25) is 10.0 Å². The third-order valence-corrected chi connectivity index (χ3v) is 5.79. The van der Waals surface area contributed by atoms with Gasteiger partial charge in [0.15, 0.2) is 4.90 Å². The Hall–Kier alpha value is -1.81. The lowest BCUT2D eigenvalue weighted by Crippen LogP contribution is -2.33. The minimum atomic E-state index is -4.01. The maximum Gasteiger partial charge on any atom is 0.289 e. The number of benzene rings is 1. The van der Waals surface area contributed by atoms with Crippen molar-refractivity contribution in [2.24, 2.45) is 0 Å². The van der Waals surface area contributed by atoms with Gasteiger partial charge in [0.25, 0.3) is 5.69 Å². The van der Waals surface area contributed by atoms with Gasteiger partial charge in [-0.15, -0.1) is 0 Å². The highest BCUT2D eigenvalue weighted by Crippen LogP contribution is 2.27. The Morgan fingerprint density at radius 1 is 1.30 bits per heavy atom. The Morgan fingerprint density at radius 2 is 2.04 bits per heavy atom. The third-order valence-electron chi connectivity index (χ3n) is 3.16. The highest BCUT2D eigenvalue weighted by atomic mass is 32.2. The van der Waals surface area contributed by atoms with Crippen LogP contribution in [0.5, 0.6) is 0 Å². The number of rotatable bonds is 8. The molecular formula is C14H16N2O5S2. The van der Waals surface area contributed by atoms with E-state index in [1.165, 1.54) is 47.0 Å². The van der Waals surface area contributed by atoms with Crippen LogP contribution in [0.2, 0.25) is 0 Å². The van der Waals surface area contributed by atoms with Gasteiger partial charge in [-0.3, -0.25) is 10.1 Å². The number of sulfonamides is 1. The lowest BCUT2D eigenvalue weighted by atomic mass is 10.3. The summed E-state index contributed by atoms with van der Waals surface area (Å²) in [6, 6.07) is 7.17. The van der Waals surface area contributed by atoms with E-state index in [2.05, 4.69) is 0 Å². The zero-order valence-corrected chi connectivity index (χ0v) is 14.0. The van der Waals surface area contributed by atoms with Gasteiger partial charge in [-0.25, -0.2) is 8.42 Å². The first-order valence-corrected chi connectivity index (χ1v) is 9.08. The molecule has 1 aromatic carbocycles. The average Bonchev–Trinajstić information content (AvgIpc) is 3.04. The number of para-hydroxylation sites is 1. The van der Waals surface area contributed by atoms with Gasteiger partial charge < -0.3 is 4.74 Å². The molecule has 0 N–H and O–H groups in total. The van der Waals surface area contributed by atoms with Crippen LogP contribution in [0.4, 0.5) is 5.69 Å². The third kappa shape index (κ3) is 4.14. The van der Waals surface area contributed by atoms with Crippen LogP contribution < -0.4 is 0 Å². The van der Waals surface area contributed by atoms with Crippen LogP contribution in [0.15, 0.2) is 46.0 Å². The molecule has 0 saturated carbocycles. The molecule has 23 heavy (non-hydrogen) atoms. The Labute approximate surface area is 138 Å². The van der Waals surface area contributed by atoms with Crippen LogP contribution in [0.25, 0.3) is 0 Å². The molecule has 2 aromatic rings. The lowest BCUT2D eigenvalue weighted by Gasteiger charge is -2.21. The fourth-order valence-electron chi connectivity index (χ4n) is 2.03. The van der Waals surface area contributed by atoms with Gasteiger partial charge in [-0.1, -0.05) is 12.1 Å². The first-order valence-electron chi connectivity index (χ1n) is 6.70. The molecule has 0 spiro atoms. The van der Waals surface area contributed by atoms with E-state index in [0.29, 0.717) is 0 Å². The number of nitrogens with zero attached hydrogens (tertiary/aromatic N) is 2. The van der Waals surface area contributed by atoms with Crippen molar-refractivity contribution >= 4 is 27.0 Å². The van der Waals surface area contributed by atoms with Crippen LogP contribution in [-0.2, 0) is 21.3 Å². The largest absolute Gasteiger partial charge is 0.383 e. The van der Waals surface area contributed by atoms with Crippen LogP contribution >= 0.6 is 11.3 Å². The SMILES string of the molecule is COCCN(Cc1ccsc1)S(=O)(=O)c1ccccc1[N+](=O)[O-]. The normalized spacial score (nSPS) is 11.7. The molecule has 1 aromatic heterocycles. The summed E-state index contributed by atoms with van der Waals surface area (Å²) in [5.74, 6) is 0. The first-order chi connectivity index (χ1) is 11.0. The predicted octanol–water partition coefficient (Wildman–Crippen LogP) is 2.49. The molecule has 0 aliphatic heterocycles. The number of nitro groups is 1. The smallest absolute Gasteiger partial charge is 0.289 e. The van der Waals surface area contributed by atoms with Crippen molar-refractivity contribution in [3.63, 3.8) is 0 Å². The Kier molecular flexibility index (Phi) is 5.83. The molecule has 0 atom stereocenters. The Balaban J connectivity index is 2.41. The Morgan fingerprint density at radius 3 is 2.65 bits per heavy atom. The first kappa shape index (κ1) is 17.5. The summed E-state index contributed by atoms with van der Waals surface area (Å²) in [4.78, 5) is 10.1. The van der Waals surface area contributed by atoms with Crippen molar-refractivity contribution in [1.29, 1.82) is 0 Å². The molecule has 0 unspecified atom stereocenters. The van der Waals surface area contributed by atoms with Crippen LogP contribution in [-0.4, -0.2) is 37.9 Å². The van der Waals surface area contributed by atoms with Crippen molar-refractivity contribution in [3.8, 4) is 0 Å². The molecule has 7 nitrogen and oxygen atoms in total. The molecule has 0 amide bonds. The molecule has 1 heterocycles. The predicted molar refractivity (Wildman–Crippen MR) is 86.9 cm³/mol. The minimum Gasteiger partial charge on any atom is -0.383 e. The number of methoxy groups -OCH3 is 1. The summed E-state index contributed by atoms with van der Waals surface area (Å²) < 4.78 is 31.9. The van der Waals surface area contributed by atoms with E-state index in [9.17, 15) is 18.5 Å². The second kappa shape index (κ2) is 7.64. The van der Waals surface area contributed by atoms with Crippen molar-refractivity contribution < 1.29 is 18.1 Å². The minimum absolute atomic E-state index is 0.112. The van der Waals surface area contributed by atoms with E-state index in [1.54, 1.807) is 0 Å². The molecule has 0 saturated heterocycles. The summed E-state index contributed by atoms with van der Waals surface area (Å²) in [6.45, 7) is 0.450. The second-order valence-corrected chi connectivity index (χ2v) is 7.37. The summed E-state index contributed by atoms with van der Waals surface area (Å²) in [5.41, 5.74) is 0.397. The average molecular weight is 356 g/mol. The molecule has 0 aliphatic carbocycles. The quantitative estimate of drug-likeness (QED) is 0.535. The molecule has 0 radical (unpaired) electrons. The number of nitro benzene ring substituents is 1. The molecule has 2 rings (SSSR count). The van der Waals surface area contributed by atoms with Crippen LogP contribution in [0, 0.1) is 10.1 Å². The van der Waals surface area contributed by atoms with Gasteiger partial charge in [-0.05, 0) is 28.5 Å². The maximum atomic E-state index is 12.9. The molecule has 0 fully saturated rings. The van der Waals surface area contributed by atoms with Gasteiger partial charge in [-0.2, -0.15) is 15.6 Å². The van der Waals surface area contributed by atoms with Crippen molar-refractivity contribution in [1.82, 2.24) is 4.31 Å². The number of ether oxygens (including phenoxy) is 1. The van der Waals surface area contributed by atoms with Crippen molar-refractivity contribution in [2.45, 2.75) is 11.4 Å². The van der Waals surface area contributed by atoms with Crippen LogP contribution in [0.1, 0.15) is 5.56 Å². The topological polar surface area (TPSA) is 89.8 Å². The fraction of sp³-hybridized carbons (Fsp3) is 0.286. The van der Waals surface area contributed by atoms with E-state index < -0.39 is 20.6 Å². The summed E-state index contributed by atoms with van der Waals surface area (Å²) in [5, 5.41) is 14.8. The van der Waals surface area contributed by atoms with Crippen LogP contribution in [0.3, 0.4) is 0 Å². The van der Waals surface area contributed by atoms with E-state index >= 15 is 0 Å².